The van der Waals surface area contributed by atoms with Crippen LogP contribution in [0.5, 0.6) is 5.75 Å². The number of hydrogen-bond acceptors (Lipinski definition) is 3. The van der Waals surface area contributed by atoms with Crippen molar-refractivity contribution >= 4 is 15.7 Å². The van der Waals surface area contributed by atoms with E-state index < -0.39 is 32.8 Å². The van der Waals surface area contributed by atoms with Gasteiger partial charge in [0.25, 0.3) is 10.0 Å². The number of benzene rings is 2. The summed E-state index contributed by atoms with van der Waals surface area (Å²) in [6.07, 6.45) is -4.90. The minimum absolute atomic E-state index is 0.187. The van der Waals surface area contributed by atoms with E-state index >= 15 is 0 Å². The molecule has 0 aliphatic rings. The second kappa shape index (κ2) is 6.07. The molecule has 0 spiro atoms. The molecule has 9 heteroatoms. The lowest BCUT2D eigenvalue weighted by Crippen LogP contribution is -2.18. The van der Waals surface area contributed by atoms with E-state index in [1.54, 1.807) is 6.92 Å². The number of halogens is 4. The monoisotopic (exact) mass is 349 g/mol. The van der Waals surface area contributed by atoms with Gasteiger partial charge in [-0.05, 0) is 36.8 Å². The summed E-state index contributed by atoms with van der Waals surface area (Å²) in [5, 5.41) is 0. The number of nitrogens with one attached hydrogen (secondary N) is 1. The summed E-state index contributed by atoms with van der Waals surface area (Å²) in [5.74, 6) is -1.56. The number of sulfonamides is 1. The number of aryl methyl sites for hydroxylation is 1. The van der Waals surface area contributed by atoms with Crippen LogP contribution in [-0.4, -0.2) is 14.8 Å². The van der Waals surface area contributed by atoms with Crippen LogP contribution < -0.4 is 9.46 Å². The number of ether oxygens (including phenoxy) is 1. The average molecular weight is 349 g/mol. The normalized spacial score (nSPS) is 12.0. The highest BCUT2D eigenvalue weighted by atomic mass is 32.2. The summed E-state index contributed by atoms with van der Waals surface area (Å²) < 4.78 is 80.2. The van der Waals surface area contributed by atoms with Gasteiger partial charge in [-0.25, -0.2) is 12.8 Å². The van der Waals surface area contributed by atoms with Crippen LogP contribution >= 0.6 is 0 Å². The molecular weight excluding hydrogens is 338 g/mol. The van der Waals surface area contributed by atoms with Crippen molar-refractivity contribution in [1.82, 2.24) is 0 Å². The lowest BCUT2D eigenvalue weighted by molar-refractivity contribution is -0.274. The highest BCUT2D eigenvalue weighted by molar-refractivity contribution is 7.92. The molecule has 0 atom stereocenters. The first kappa shape index (κ1) is 17.1. The van der Waals surface area contributed by atoms with Gasteiger partial charge in [0.1, 0.15) is 16.5 Å². The zero-order valence-electron chi connectivity index (χ0n) is 11.7. The first-order valence-electron chi connectivity index (χ1n) is 6.22. The van der Waals surface area contributed by atoms with Gasteiger partial charge in [-0.3, -0.25) is 4.72 Å². The van der Waals surface area contributed by atoms with E-state index in [9.17, 15) is 26.0 Å². The Morgan fingerprint density at radius 3 is 2.43 bits per heavy atom. The highest BCUT2D eigenvalue weighted by Gasteiger charge is 2.31. The van der Waals surface area contributed by atoms with Gasteiger partial charge in [0.15, 0.2) is 0 Å². The van der Waals surface area contributed by atoms with Crippen molar-refractivity contribution in [2.75, 3.05) is 4.72 Å². The molecule has 0 aliphatic heterocycles. The van der Waals surface area contributed by atoms with Crippen molar-refractivity contribution in [3.05, 3.63) is 53.8 Å². The Morgan fingerprint density at radius 1 is 1.09 bits per heavy atom. The molecule has 0 heterocycles. The number of rotatable bonds is 4. The molecule has 0 aromatic heterocycles. The molecule has 0 saturated carbocycles. The average Bonchev–Trinajstić information content (AvgIpc) is 2.39. The van der Waals surface area contributed by atoms with Crippen LogP contribution in [0.3, 0.4) is 0 Å². The van der Waals surface area contributed by atoms with Gasteiger partial charge < -0.3 is 4.74 Å². The molecule has 2 aromatic rings. The lowest BCUT2D eigenvalue weighted by Gasteiger charge is -2.12. The van der Waals surface area contributed by atoms with Crippen LogP contribution in [0.2, 0.25) is 0 Å². The van der Waals surface area contributed by atoms with Crippen LogP contribution in [-0.2, 0) is 10.0 Å². The molecular formula is C14H11F4NO3S. The van der Waals surface area contributed by atoms with Crippen molar-refractivity contribution in [3.8, 4) is 5.75 Å². The van der Waals surface area contributed by atoms with E-state index in [0.717, 1.165) is 24.3 Å². The number of alkyl halides is 3. The largest absolute Gasteiger partial charge is 0.573 e. The second-order valence-electron chi connectivity index (χ2n) is 4.62. The van der Waals surface area contributed by atoms with E-state index in [2.05, 4.69) is 4.74 Å². The van der Waals surface area contributed by atoms with Crippen LogP contribution in [0.25, 0.3) is 0 Å². The van der Waals surface area contributed by atoms with E-state index in [1.807, 2.05) is 4.72 Å². The molecule has 23 heavy (non-hydrogen) atoms. The minimum atomic E-state index is -4.90. The SMILES string of the molecule is Cc1ccc(F)c(S(=O)(=O)Nc2cccc(OC(F)(F)F)c2)c1. The van der Waals surface area contributed by atoms with Gasteiger partial charge in [0.2, 0.25) is 0 Å². The van der Waals surface area contributed by atoms with E-state index in [-0.39, 0.29) is 5.69 Å². The van der Waals surface area contributed by atoms with Gasteiger partial charge in [0, 0.05) is 6.07 Å². The Bertz CT molecular complexity index is 819. The molecule has 2 rings (SSSR count). The molecule has 0 amide bonds. The maximum atomic E-state index is 13.7. The van der Waals surface area contributed by atoms with Crippen LogP contribution in [0, 0.1) is 12.7 Å². The molecule has 2 aromatic carbocycles. The minimum Gasteiger partial charge on any atom is -0.406 e. The zero-order chi connectivity index (χ0) is 17.3. The lowest BCUT2D eigenvalue weighted by atomic mass is 10.2. The molecule has 4 nitrogen and oxygen atoms in total. The standard InChI is InChI=1S/C14H11F4NO3S/c1-9-5-6-12(15)13(7-9)23(20,21)19-10-3-2-4-11(8-10)22-14(16,17)18/h2-8,19H,1H3. The molecule has 124 valence electrons. The third kappa shape index (κ3) is 4.59. The van der Waals surface area contributed by atoms with Crippen LogP contribution in [0.15, 0.2) is 47.4 Å². The molecule has 0 aliphatic carbocycles. The quantitative estimate of drug-likeness (QED) is 0.854. The molecule has 0 saturated heterocycles. The van der Waals surface area contributed by atoms with Gasteiger partial charge in [-0.1, -0.05) is 12.1 Å². The van der Waals surface area contributed by atoms with E-state index in [0.29, 0.717) is 5.56 Å². The number of hydrogen-bond donors (Lipinski definition) is 1. The summed E-state index contributed by atoms with van der Waals surface area (Å²) in [5.41, 5.74) is 0.327. The molecule has 0 fully saturated rings. The Balaban J connectivity index is 2.31. The maximum absolute atomic E-state index is 13.7. The van der Waals surface area contributed by atoms with Crippen molar-refractivity contribution in [3.63, 3.8) is 0 Å². The predicted octanol–water partition coefficient (Wildman–Crippen LogP) is 3.83. The fraction of sp³-hybridized carbons (Fsp3) is 0.143. The van der Waals surface area contributed by atoms with Gasteiger partial charge in [0.05, 0.1) is 5.69 Å². The van der Waals surface area contributed by atoms with Crippen LogP contribution in [0.1, 0.15) is 5.56 Å². The van der Waals surface area contributed by atoms with Gasteiger partial charge >= 0.3 is 6.36 Å². The van der Waals surface area contributed by atoms with Crippen molar-refractivity contribution in [2.45, 2.75) is 18.2 Å². The van der Waals surface area contributed by atoms with Crippen molar-refractivity contribution in [1.29, 1.82) is 0 Å². The summed E-state index contributed by atoms with van der Waals surface area (Å²) in [6.45, 7) is 1.58. The smallest absolute Gasteiger partial charge is 0.406 e. The first-order valence-corrected chi connectivity index (χ1v) is 7.70. The summed E-state index contributed by atoms with van der Waals surface area (Å²) >= 11 is 0. The summed E-state index contributed by atoms with van der Waals surface area (Å²) in [7, 11) is -4.29. The zero-order valence-corrected chi connectivity index (χ0v) is 12.5. The third-order valence-corrected chi connectivity index (χ3v) is 4.09. The summed E-state index contributed by atoms with van der Waals surface area (Å²) in [4.78, 5) is -0.598. The van der Waals surface area contributed by atoms with Gasteiger partial charge in [-0.2, -0.15) is 0 Å². The van der Waals surface area contributed by atoms with Crippen molar-refractivity contribution in [2.24, 2.45) is 0 Å². The summed E-state index contributed by atoms with van der Waals surface area (Å²) in [6, 6.07) is 7.75. The maximum Gasteiger partial charge on any atom is 0.573 e. The molecule has 0 radical (unpaired) electrons. The van der Waals surface area contributed by atoms with E-state index in [1.165, 1.54) is 18.2 Å². The number of anilines is 1. The molecule has 1 N–H and O–H groups in total. The van der Waals surface area contributed by atoms with E-state index in [4.69, 9.17) is 0 Å². The molecule has 0 unspecified atom stereocenters. The Labute approximate surface area is 129 Å². The predicted molar refractivity (Wildman–Crippen MR) is 75.1 cm³/mol. The molecule has 0 bridgehead atoms. The fourth-order valence-corrected chi connectivity index (χ4v) is 3.00. The topological polar surface area (TPSA) is 55.4 Å². The second-order valence-corrected chi connectivity index (χ2v) is 6.27. The van der Waals surface area contributed by atoms with Crippen molar-refractivity contribution < 1.29 is 30.7 Å². The Morgan fingerprint density at radius 2 is 1.78 bits per heavy atom. The van der Waals surface area contributed by atoms with Crippen LogP contribution in [0.4, 0.5) is 23.2 Å². The van der Waals surface area contributed by atoms with Gasteiger partial charge in [-0.15, -0.1) is 13.2 Å². The fourth-order valence-electron chi connectivity index (χ4n) is 1.78. The third-order valence-electron chi connectivity index (χ3n) is 2.70. The highest BCUT2D eigenvalue weighted by Crippen LogP contribution is 2.27. The Kier molecular flexibility index (Phi) is 4.51. The Hall–Kier alpha value is -2.29. The first-order chi connectivity index (χ1) is 10.6.